The van der Waals surface area contributed by atoms with Crippen molar-refractivity contribution in [1.29, 1.82) is 0 Å². The highest BCUT2D eigenvalue weighted by Crippen LogP contribution is 2.14. The van der Waals surface area contributed by atoms with Crippen LogP contribution in [0.4, 0.5) is 0 Å². The summed E-state index contributed by atoms with van der Waals surface area (Å²) in [5, 5.41) is 11.1. The Morgan fingerprint density at radius 2 is 0.760 bits per heavy atom. The van der Waals surface area contributed by atoms with Gasteiger partial charge in [0.05, 0.1) is 52.9 Å². The molecule has 0 rings (SSSR count). The molecule has 0 saturated heterocycles. The standard InChI is InChI=1S/C33H52O17/c1-5-23(34)30(39)47-17-9-13-43-21-27(38)29(46-16-12-20-50-33(42)26(37)8-4)28(45-15-11-19-49-32(41)25(36)7-3)22-44-14-10-18-48-31(40)24(35)6-2/h27-29,38H,5-22H2,1-4H3. The predicted octanol–water partition coefficient (Wildman–Crippen LogP) is 0.801. The van der Waals surface area contributed by atoms with Gasteiger partial charge in [-0.05, 0) is 0 Å². The third-order valence-corrected chi connectivity index (χ3v) is 6.53. The molecule has 17 heteroatoms. The lowest BCUT2D eigenvalue weighted by molar-refractivity contribution is -0.163. The van der Waals surface area contributed by atoms with Gasteiger partial charge in [-0.3, -0.25) is 19.2 Å². The minimum Gasteiger partial charge on any atom is -0.460 e. The van der Waals surface area contributed by atoms with Gasteiger partial charge in [0.15, 0.2) is 0 Å². The lowest BCUT2D eigenvalue weighted by Crippen LogP contribution is -2.46. The van der Waals surface area contributed by atoms with Crippen molar-refractivity contribution in [2.45, 2.75) is 97.4 Å². The molecular weight excluding hydrogens is 668 g/mol. The second-order valence-corrected chi connectivity index (χ2v) is 10.5. The van der Waals surface area contributed by atoms with E-state index in [1.165, 1.54) is 27.7 Å². The molecule has 0 aliphatic heterocycles. The molecule has 50 heavy (non-hydrogen) atoms. The summed E-state index contributed by atoms with van der Waals surface area (Å²) in [7, 11) is 0. The SMILES string of the molecule is CCC(=O)C(=O)OCCCOCC(O)C(OCCCOC(=O)C(=O)CC)C(COCCCOC(=O)C(=O)CC)OCCCOC(=O)C(=O)CC. The lowest BCUT2D eigenvalue weighted by Gasteiger charge is -2.31. The molecule has 0 aromatic carbocycles. The summed E-state index contributed by atoms with van der Waals surface area (Å²) in [5.41, 5.74) is 0. The molecule has 286 valence electrons. The van der Waals surface area contributed by atoms with Crippen molar-refractivity contribution < 1.29 is 81.4 Å². The van der Waals surface area contributed by atoms with Crippen LogP contribution in [-0.4, -0.2) is 136 Å². The fraction of sp³-hybridized carbons (Fsp3) is 0.758. The van der Waals surface area contributed by atoms with Crippen LogP contribution in [0.15, 0.2) is 0 Å². The van der Waals surface area contributed by atoms with E-state index in [9.17, 15) is 43.5 Å². The largest absolute Gasteiger partial charge is 0.460 e. The molecule has 0 heterocycles. The summed E-state index contributed by atoms with van der Waals surface area (Å²) in [5.74, 6) is -6.46. The molecule has 0 aliphatic rings. The van der Waals surface area contributed by atoms with Gasteiger partial charge in [-0.2, -0.15) is 0 Å². The van der Waals surface area contributed by atoms with Gasteiger partial charge >= 0.3 is 23.9 Å². The van der Waals surface area contributed by atoms with Gasteiger partial charge in [-0.25, -0.2) is 19.2 Å². The Morgan fingerprint density at radius 1 is 0.440 bits per heavy atom. The lowest BCUT2D eigenvalue weighted by atomic mass is 10.1. The molecule has 0 saturated carbocycles. The number of hydrogen-bond acceptors (Lipinski definition) is 17. The summed E-state index contributed by atoms with van der Waals surface area (Å²) in [6.45, 7) is 5.40. The molecule has 3 unspecified atom stereocenters. The smallest absolute Gasteiger partial charge is 0.374 e. The summed E-state index contributed by atoms with van der Waals surface area (Å²) in [6, 6.07) is 0. The van der Waals surface area contributed by atoms with E-state index in [0.29, 0.717) is 0 Å². The molecule has 0 bridgehead atoms. The number of hydrogen-bond donors (Lipinski definition) is 1. The molecule has 0 spiro atoms. The van der Waals surface area contributed by atoms with Crippen LogP contribution < -0.4 is 0 Å². The van der Waals surface area contributed by atoms with E-state index in [2.05, 4.69) is 0 Å². The van der Waals surface area contributed by atoms with Crippen molar-refractivity contribution in [3.8, 4) is 0 Å². The Balaban J connectivity index is 5.42. The van der Waals surface area contributed by atoms with E-state index in [0.717, 1.165) is 0 Å². The molecule has 3 atom stereocenters. The number of Topliss-reactive ketones (excluding diaryl/α,β-unsaturated/α-hetero) is 4. The summed E-state index contributed by atoms with van der Waals surface area (Å²) in [6.07, 6.45) is -2.50. The predicted molar refractivity (Wildman–Crippen MR) is 171 cm³/mol. The highest BCUT2D eigenvalue weighted by Gasteiger charge is 2.31. The number of rotatable bonds is 32. The van der Waals surface area contributed by atoms with Crippen LogP contribution in [0, 0.1) is 0 Å². The van der Waals surface area contributed by atoms with Gasteiger partial charge in [-0.1, -0.05) is 27.7 Å². The van der Waals surface area contributed by atoms with Gasteiger partial charge in [0.1, 0.15) is 18.3 Å². The number of ketones is 4. The maximum absolute atomic E-state index is 11.7. The van der Waals surface area contributed by atoms with Gasteiger partial charge in [-0.15, -0.1) is 0 Å². The van der Waals surface area contributed by atoms with E-state index in [4.69, 9.17) is 37.9 Å². The van der Waals surface area contributed by atoms with Crippen molar-refractivity contribution in [2.75, 3.05) is 66.1 Å². The number of ether oxygens (including phenoxy) is 8. The summed E-state index contributed by atoms with van der Waals surface area (Å²) in [4.78, 5) is 92.1. The number of aliphatic hydroxyl groups excluding tert-OH is 1. The molecule has 0 aromatic rings. The Labute approximate surface area is 291 Å². The second-order valence-electron chi connectivity index (χ2n) is 10.5. The first-order valence-corrected chi connectivity index (χ1v) is 16.8. The molecule has 1 N–H and O–H groups in total. The van der Waals surface area contributed by atoms with Crippen LogP contribution in [0.25, 0.3) is 0 Å². The summed E-state index contributed by atoms with van der Waals surface area (Å²) >= 11 is 0. The average Bonchev–Trinajstić information content (AvgIpc) is 3.12. The number of carbonyl (C=O) groups excluding carboxylic acids is 8. The number of aliphatic hydroxyl groups is 1. The quantitative estimate of drug-likeness (QED) is 0.0438. The van der Waals surface area contributed by atoms with E-state index < -0.39 is 65.3 Å². The first kappa shape index (κ1) is 46.4. The van der Waals surface area contributed by atoms with Crippen LogP contribution in [0.1, 0.15) is 79.1 Å². The molecular formula is C33H52O17. The first-order chi connectivity index (χ1) is 23.9. The van der Waals surface area contributed by atoms with Crippen LogP contribution in [0.3, 0.4) is 0 Å². The number of carbonyl (C=O) groups is 8. The molecule has 0 fully saturated rings. The Morgan fingerprint density at radius 3 is 1.12 bits per heavy atom. The molecule has 0 aliphatic carbocycles. The van der Waals surface area contributed by atoms with Crippen molar-refractivity contribution in [1.82, 2.24) is 0 Å². The molecule has 17 nitrogen and oxygen atoms in total. The van der Waals surface area contributed by atoms with E-state index in [1.807, 2.05) is 0 Å². The molecule has 0 amide bonds. The highest BCUT2D eigenvalue weighted by molar-refractivity contribution is 6.34. The zero-order chi connectivity index (χ0) is 37.7. The van der Waals surface area contributed by atoms with Gasteiger partial charge < -0.3 is 43.0 Å². The highest BCUT2D eigenvalue weighted by atomic mass is 16.6. The van der Waals surface area contributed by atoms with Crippen LogP contribution >= 0.6 is 0 Å². The van der Waals surface area contributed by atoms with Gasteiger partial charge in [0.25, 0.3) is 0 Å². The zero-order valence-electron chi connectivity index (χ0n) is 29.4. The third-order valence-electron chi connectivity index (χ3n) is 6.53. The molecule has 0 aromatic heterocycles. The first-order valence-electron chi connectivity index (χ1n) is 16.8. The topological polar surface area (TPSA) is 231 Å². The van der Waals surface area contributed by atoms with E-state index in [-0.39, 0.29) is 117 Å². The minimum absolute atomic E-state index is 0.000369. The second kappa shape index (κ2) is 29.1. The Hall–Kier alpha value is -3.64. The summed E-state index contributed by atoms with van der Waals surface area (Å²) < 4.78 is 42.7. The molecule has 0 radical (unpaired) electrons. The fourth-order valence-corrected chi connectivity index (χ4v) is 3.66. The third kappa shape index (κ3) is 21.4. The van der Waals surface area contributed by atoms with Crippen molar-refractivity contribution in [3.63, 3.8) is 0 Å². The maximum atomic E-state index is 11.7. The van der Waals surface area contributed by atoms with Gasteiger partial charge in [0, 0.05) is 64.6 Å². The Bertz CT molecular complexity index is 1070. The minimum atomic E-state index is -1.31. The van der Waals surface area contributed by atoms with E-state index >= 15 is 0 Å². The van der Waals surface area contributed by atoms with Crippen LogP contribution in [0.2, 0.25) is 0 Å². The van der Waals surface area contributed by atoms with Crippen LogP contribution in [0.5, 0.6) is 0 Å². The van der Waals surface area contributed by atoms with Crippen molar-refractivity contribution >= 4 is 47.0 Å². The maximum Gasteiger partial charge on any atom is 0.374 e. The normalized spacial score (nSPS) is 12.7. The zero-order valence-corrected chi connectivity index (χ0v) is 29.4. The Kier molecular flexibility index (Phi) is 27.0. The monoisotopic (exact) mass is 720 g/mol. The number of esters is 4. The van der Waals surface area contributed by atoms with Crippen molar-refractivity contribution in [2.24, 2.45) is 0 Å². The fourth-order valence-electron chi connectivity index (χ4n) is 3.66. The van der Waals surface area contributed by atoms with Gasteiger partial charge in [0.2, 0.25) is 23.1 Å². The van der Waals surface area contributed by atoms with E-state index in [1.54, 1.807) is 0 Å². The van der Waals surface area contributed by atoms with Crippen molar-refractivity contribution in [3.05, 3.63) is 0 Å². The van der Waals surface area contributed by atoms with Crippen LogP contribution in [-0.2, 0) is 76.3 Å². The average molecular weight is 721 g/mol.